The largest absolute Gasteiger partial charge is 0.481 e. The number of rotatable bonds is 5. The van der Waals surface area contributed by atoms with Gasteiger partial charge >= 0.3 is 5.97 Å². The van der Waals surface area contributed by atoms with Gasteiger partial charge in [-0.05, 0) is 43.7 Å². The molecule has 114 valence electrons. The molecule has 0 aromatic heterocycles. The smallest absolute Gasteiger partial charge is 0.307 e. The highest BCUT2D eigenvalue weighted by atomic mass is 32.2. The van der Waals surface area contributed by atoms with Crippen molar-refractivity contribution in [3.05, 3.63) is 29.8 Å². The molecule has 1 aliphatic rings. The van der Waals surface area contributed by atoms with Gasteiger partial charge in [0, 0.05) is 4.90 Å². The number of nitrogens with one attached hydrogen (secondary N) is 1. The molecular weight excluding hydrogens is 286 g/mol. The van der Waals surface area contributed by atoms with Crippen LogP contribution in [0.3, 0.4) is 0 Å². The highest BCUT2D eigenvalue weighted by Gasteiger charge is 2.38. The maximum atomic E-state index is 12.3. The predicted octanol–water partition coefficient (Wildman–Crippen LogP) is 3.09. The summed E-state index contributed by atoms with van der Waals surface area (Å²) >= 11 is 1.67. The number of hydrogen-bond donors (Lipinski definition) is 2. The Hall–Kier alpha value is -1.49. The van der Waals surface area contributed by atoms with Gasteiger partial charge in [-0.25, -0.2) is 0 Å². The summed E-state index contributed by atoms with van der Waals surface area (Å²) in [6.07, 6.45) is 4.10. The minimum Gasteiger partial charge on any atom is -0.481 e. The number of carboxylic acids is 1. The van der Waals surface area contributed by atoms with Crippen LogP contribution in [0.15, 0.2) is 29.2 Å². The van der Waals surface area contributed by atoms with E-state index in [4.69, 9.17) is 5.11 Å². The Balaban J connectivity index is 1.99. The van der Waals surface area contributed by atoms with Crippen molar-refractivity contribution in [2.45, 2.75) is 37.1 Å². The van der Waals surface area contributed by atoms with Crippen LogP contribution in [-0.4, -0.2) is 23.2 Å². The molecule has 0 heterocycles. The van der Waals surface area contributed by atoms with E-state index in [9.17, 15) is 9.59 Å². The number of carboxylic acid groups (broad SMARTS) is 1. The fourth-order valence-corrected chi connectivity index (χ4v) is 3.27. The number of carbonyl (C=O) groups is 2. The first-order valence-electron chi connectivity index (χ1n) is 7.20. The van der Waals surface area contributed by atoms with Crippen LogP contribution >= 0.6 is 11.8 Å². The van der Waals surface area contributed by atoms with Crippen molar-refractivity contribution in [1.29, 1.82) is 0 Å². The van der Waals surface area contributed by atoms with Crippen LogP contribution in [0.5, 0.6) is 0 Å². The molecule has 1 amide bonds. The molecule has 0 saturated heterocycles. The van der Waals surface area contributed by atoms with Crippen molar-refractivity contribution in [3.63, 3.8) is 0 Å². The summed E-state index contributed by atoms with van der Waals surface area (Å²) in [6.45, 7) is 1.93. The fraction of sp³-hybridized carbons (Fsp3) is 0.500. The Morgan fingerprint density at radius 1 is 1.24 bits per heavy atom. The Morgan fingerprint density at radius 3 is 2.43 bits per heavy atom. The van der Waals surface area contributed by atoms with Crippen molar-refractivity contribution in [1.82, 2.24) is 5.32 Å². The molecule has 5 heteroatoms. The summed E-state index contributed by atoms with van der Waals surface area (Å²) in [5, 5.41) is 12.1. The van der Waals surface area contributed by atoms with Crippen LogP contribution in [0.1, 0.15) is 37.8 Å². The van der Waals surface area contributed by atoms with Crippen molar-refractivity contribution in [2.24, 2.45) is 11.8 Å². The molecule has 0 bridgehead atoms. The van der Waals surface area contributed by atoms with Gasteiger partial charge in [0.25, 0.3) is 0 Å². The Bertz CT molecular complexity index is 515. The Morgan fingerprint density at radius 2 is 1.86 bits per heavy atom. The average Bonchev–Trinajstić information content (AvgIpc) is 2.97. The predicted molar refractivity (Wildman–Crippen MR) is 83.2 cm³/mol. The zero-order valence-electron chi connectivity index (χ0n) is 12.3. The van der Waals surface area contributed by atoms with Crippen LogP contribution in [-0.2, 0) is 9.59 Å². The summed E-state index contributed by atoms with van der Waals surface area (Å²) in [5.74, 6) is -1.92. The maximum Gasteiger partial charge on any atom is 0.307 e. The van der Waals surface area contributed by atoms with E-state index in [-0.39, 0.29) is 11.9 Å². The second kappa shape index (κ2) is 6.98. The summed E-state index contributed by atoms with van der Waals surface area (Å²) in [5.41, 5.74) is 1.03. The summed E-state index contributed by atoms with van der Waals surface area (Å²) < 4.78 is 0. The number of benzene rings is 1. The third-order valence-electron chi connectivity index (χ3n) is 4.14. The highest BCUT2D eigenvalue weighted by molar-refractivity contribution is 7.98. The zero-order chi connectivity index (χ0) is 15.4. The van der Waals surface area contributed by atoms with Gasteiger partial charge in [-0.3, -0.25) is 9.59 Å². The van der Waals surface area contributed by atoms with Crippen molar-refractivity contribution in [3.8, 4) is 0 Å². The number of hydrogen-bond acceptors (Lipinski definition) is 3. The first-order chi connectivity index (χ1) is 10.0. The van der Waals surface area contributed by atoms with Crippen LogP contribution in [0.25, 0.3) is 0 Å². The second-order valence-electron chi connectivity index (χ2n) is 5.49. The molecule has 0 spiro atoms. The topological polar surface area (TPSA) is 66.4 Å². The summed E-state index contributed by atoms with van der Waals surface area (Å²) in [4.78, 5) is 24.6. The van der Waals surface area contributed by atoms with Gasteiger partial charge in [0.05, 0.1) is 17.9 Å². The standard InChI is InChI=1S/C16H21NO3S/c1-10(11-6-8-12(21-2)9-7-11)17-15(18)13-4-3-5-14(13)16(19)20/h6-10,13-14H,3-5H2,1-2H3,(H,17,18)(H,19,20). The van der Waals surface area contributed by atoms with E-state index in [0.717, 1.165) is 12.0 Å². The molecule has 3 atom stereocenters. The second-order valence-corrected chi connectivity index (χ2v) is 6.37. The molecule has 1 fully saturated rings. The molecule has 1 aromatic rings. The lowest BCUT2D eigenvalue weighted by Crippen LogP contribution is -2.36. The molecular formula is C16H21NO3S. The lowest BCUT2D eigenvalue weighted by atomic mass is 9.94. The third-order valence-corrected chi connectivity index (χ3v) is 4.89. The Labute approximate surface area is 129 Å². The molecule has 1 aromatic carbocycles. The molecule has 1 aliphatic carbocycles. The molecule has 1 saturated carbocycles. The number of carbonyl (C=O) groups excluding carboxylic acids is 1. The average molecular weight is 307 g/mol. The van der Waals surface area contributed by atoms with E-state index in [0.29, 0.717) is 12.8 Å². The molecule has 0 aliphatic heterocycles. The van der Waals surface area contributed by atoms with Gasteiger partial charge in [0.2, 0.25) is 5.91 Å². The fourth-order valence-electron chi connectivity index (χ4n) is 2.87. The van der Waals surface area contributed by atoms with Crippen molar-refractivity contribution in [2.75, 3.05) is 6.26 Å². The van der Waals surface area contributed by atoms with E-state index in [2.05, 4.69) is 5.32 Å². The van der Waals surface area contributed by atoms with Crippen molar-refractivity contribution < 1.29 is 14.7 Å². The van der Waals surface area contributed by atoms with Crippen LogP contribution < -0.4 is 5.32 Å². The highest BCUT2D eigenvalue weighted by Crippen LogP contribution is 2.32. The lowest BCUT2D eigenvalue weighted by Gasteiger charge is -2.20. The van der Waals surface area contributed by atoms with Gasteiger partial charge in [-0.2, -0.15) is 0 Å². The van der Waals surface area contributed by atoms with E-state index in [1.165, 1.54) is 4.90 Å². The normalized spacial score (nSPS) is 22.8. The first-order valence-corrected chi connectivity index (χ1v) is 8.42. The van der Waals surface area contributed by atoms with E-state index < -0.39 is 17.8 Å². The van der Waals surface area contributed by atoms with Crippen LogP contribution in [0, 0.1) is 11.8 Å². The van der Waals surface area contributed by atoms with Gasteiger partial charge in [0.1, 0.15) is 0 Å². The number of amides is 1. The van der Waals surface area contributed by atoms with Gasteiger partial charge in [-0.1, -0.05) is 18.6 Å². The molecule has 21 heavy (non-hydrogen) atoms. The number of thioether (sulfide) groups is 1. The summed E-state index contributed by atoms with van der Waals surface area (Å²) in [7, 11) is 0. The maximum absolute atomic E-state index is 12.3. The van der Waals surface area contributed by atoms with Crippen molar-refractivity contribution >= 4 is 23.6 Å². The minimum atomic E-state index is -0.857. The van der Waals surface area contributed by atoms with Crippen LogP contribution in [0.4, 0.5) is 0 Å². The molecule has 2 rings (SSSR count). The van der Waals surface area contributed by atoms with Crippen LogP contribution in [0.2, 0.25) is 0 Å². The van der Waals surface area contributed by atoms with E-state index in [1.807, 2.05) is 37.4 Å². The zero-order valence-corrected chi connectivity index (χ0v) is 13.2. The number of aliphatic carboxylic acids is 1. The van der Waals surface area contributed by atoms with Gasteiger partial charge in [-0.15, -0.1) is 11.8 Å². The lowest BCUT2D eigenvalue weighted by molar-refractivity contribution is -0.146. The third kappa shape index (κ3) is 3.79. The quantitative estimate of drug-likeness (QED) is 0.820. The first kappa shape index (κ1) is 15.9. The molecule has 4 nitrogen and oxygen atoms in total. The molecule has 0 radical (unpaired) electrons. The molecule has 2 N–H and O–H groups in total. The van der Waals surface area contributed by atoms with E-state index in [1.54, 1.807) is 11.8 Å². The van der Waals surface area contributed by atoms with E-state index >= 15 is 0 Å². The SMILES string of the molecule is CSc1ccc(C(C)NC(=O)C2CCCC2C(=O)O)cc1. The minimum absolute atomic E-state index is 0.108. The molecule has 3 unspecified atom stereocenters. The Kier molecular flexibility index (Phi) is 5.28. The summed E-state index contributed by atoms with van der Waals surface area (Å²) in [6, 6.07) is 7.94. The monoisotopic (exact) mass is 307 g/mol. The van der Waals surface area contributed by atoms with Gasteiger partial charge < -0.3 is 10.4 Å². The van der Waals surface area contributed by atoms with Gasteiger partial charge in [0.15, 0.2) is 0 Å².